The van der Waals surface area contributed by atoms with Crippen LogP contribution in [0.1, 0.15) is 86.7 Å². The second-order valence-electron chi connectivity index (χ2n) is 12.4. The summed E-state index contributed by atoms with van der Waals surface area (Å²) < 4.78 is 20.7. The van der Waals surface area contributed by atoms with E-state index in [0.717, 1.165) is 0 Å². The maximum atomic E-state index is 13.4. The number of carbonyl (C=O) groups excluding carboxylic acids is 3. The van der Waals surface area contributed by atoms with Crippen molar-refractivity contribution in [3.63, 3.8) is 0 Å². The summed E-state index contributed by atoms with van der Waals surface area (Å²) in [6, 6.07) is 4.50. The molecule has 6 rings (SSSR count). The summed E-state index contributed by atoms with van der Waals surface area (Å²) in [5.74, 6) is -0.329. The molecule has 288 valence electrons. The second-order valence-corrected chi connectivity index (χ2v) is 12.4. The Balaban J connectivity index is 1.37. The number of anilines is 2. The molecule has 0 saturated heterocycles. The highest BCUT2D eigenvalue weighted by Gasteiger charge is 2.25. The topological polar surface area (TPSA) is 278 Å². The number of aryl methyl sites for hydroxylation is 4. The number of hydrogen-bond acceptors (Lipinski definition) is 14. The number of nitrogens with zero attached hydrogens (tertiary/aromatic N) is 7. The van der Waals surface area contributed by atoms with Crippen molar-refractivity contribution >= 4 is 51.8 Å². The third-order valence-corrected chi connectivity index (χ3v) is 8.52. The van der Waals surface area contributed by atoms with Crippen molar-refractivity contribution in [2.45, 2.75) is 66.3 Å². The van der Waals surface area contributed by atoms with Crippen LogP contribution in [0, 0.1) is 13.8 Å². The average Bonchev–Trinajstić information content (AvgIpc) is 3.92. The van der Waals surface area contributed by atoms with Crippen LogP contribution in [0.2, 0.25) is 0 Å². The number of amides is 3. The molecule has 5 aromatic heterocycles. The van der Waals surface area contributed by atoms with Crippen molar-refractivity contribution < 1.29 is 38.2 Å². The first-order valence-electron chi connectivity index (χ1n) is 17.5. The van der Waals surface area contributed by atoms with Crippen LogP contribution in [-0.4, -0.2) is 75.2 Å². The number of aromatic nitrogens is 7. The zero-order chi connectivity index (χ0) is 39.4. The number of nitrogens with two attached hydrogens (primary N) is 2. The summed E-state index contributed by atoms with van der Waals surface area (Å²) in [7, 11) is 0. The summed E-state index contributed by atoms with van der Waals surface area (Å²) in [6.45, 7) is 7.39. The molecule has 3 amide bonds. The molecular weight excluding hydrogens is 714 g/mol. The lowest BCUT2D eigenvalue weighted by Crippen LogP contribution is -2.17. The van der Waals surface area contributed by atoms with Crippen LogP contribution in [-0.2, 0) is 25.9 Å². The van der Waals surface area contributed by atoms with Gasteiger partial charge >= 0.3 is 0 Å². The number of primary amides is 2. The van der Waals surface area contributed by atoms with E-state index in [9.17, 15) is 24.6 Å². The van der Waals surface area contributed by atoms with Crippen molar-refractivity contribution in [2.24, 2.45) is 11.5 Å². The first kappa shape index (κ1) is 38.1. The van der Waals surface area contributed by atoms with Crippen molar-refractivity contribution in [3.05, 3.63) is 82.4 Å². The molecule has 0 aliphatic heterocycles. The third-order valence-electron chi connectivity index (χ3n) is 8.52. The van der Waals surface area contributed by atoms with Gasteiger partial charge in [-0.2, -0.15) is 0 Å². The summed E-state index contributed by atoms with van der Waals surface area (Å²) in [5.41, 5.74) is 14.0. The van der Waals surface area contributed by atoms with E-state index in [4.69, 9.17) is 30.0 Å². The van der Waals surface area contributed by atoms with E-state index in [2.05, 4.69) is 30.6 Å². The molecule has 19 heteroatoms. The number of hydrogen-bond donors (Lipinski definition) is 6. The largest absolute Gasteiger partial charge is 0.491 e. The Bertz CT molecular complexity index is 2420. The van der Waals surface area contributed by atoms with Crippen LogP contribution in [0.25, 0.3) is 22.2 Å². The number of ether oxygens (including phenoxy) is 1. The Morgan fingerprint density at radius 2 is 1.55 bits per heavy atom. The van der Waals surface area contributed by atoms with E-state index in [0.29, 0.717) is 64.6 Å². The van der Waals surface area contributed by atoms with E-state index < -0.39 is 23.9 Å². The molecule has 19 nitrogen and oxygen atoms in total. The van der Waals surface area contributed by atoms with Gasteiger partial charge in [0.2, 0.25) is 29.5 Å². The SMILES string of the molecule is CCc1nc(C)oc1C(=O)Nc1nc2cc(C(N)=O)cnc2n1C/C=C/Cn1c(NC(O)c2oc(C)nc2CC)nc2cc(C(N)=O)cc(OCCCO)c21. The first-order chi connectivity index (χ1) is 26.4. The minimum Gasteiger partial charge on any atom is -0.491 e. The zero-order valence-corrected chi connectivity index (χ0v) is 30.6. The molecule has 55 heavy (non-hydrogen) atoms. The molecule has 1 unspecified atom stereocenters. The molecule has 1 aromatic carbocycles. The van der Waals surface area contributed by atoms with Gasteiger partial charge in [0, 0.05) is 51.7 Å². The monoisotopic (exact) mass is 755 g/mol. The summed E-state index contributed by atoms with van der Waals surface area (Å²) in [5, 5.41) is 26.4. The summed E-state index contributed by atoms with van der Waals surface area (Å²) in [6.07, 6.45) is 4.89. The van der Waals surface area contributed by atoms with Gasteiger partial charge in [-0.25, -0.2) is 24.9 Å². The predicted molar refractivity (Wildman–Crippen MR) is 198 cm³/mol. The van der Waals surface area contributed by atoms with Gasteiger partial charge in [-0.15, -0.1) is 0 Å². The number of benzene rings is 1. The van der Waals surface area contributed by atoms with Gasteiger partial charge in [0.25, 0.3) is 5.91 Å². The molecule has 0 bridgehead atoms. The number of rotatable bonds is 17. The Labute approximate surface area is 313 Å². The number of nitrogens with one attached hydrogen (secondary N) is 2. The molecule has 0 aliphatic rings. The molecule has 1 atom stereocenters. The van der Waals surface area contributed by atoms with Gasteiger partial charge in [-0.1, -0.05) is 26.0 Å². The Morgan fingerprint density at radius 1 is 0.891 bits per heavy atom. The molecule has 0 saturated carbocycles. The average molecular weight is 756 g/mol. The molecule has 0 radical (unpaired) electrons. The van der Waals surface area contributed by atoms with Gasteiger partial charge < -0.3 is 45.1 Å². The summed E-state index contributed by atoms with van der Waals surface area (Å²) >= 11 is 0. The fourth-order valence-electron chi connectivity index (χ4n) is 5.98. The molecule has 0 fully saturated rings. The molecule has 5 heterocycles. The smallest absolute Gasteiger partial charge is 0.295 e. The number of aliphatic hydroxyl groups is 2. The van der Waals surface area contributed by atoms with Gasteiger partial charge in [-0.05, 0) is 31.0 Å². The first-order valence-corrected chi connectivity index (χ1v) is 17.5. The number of oxazole rings is 2. The fourth-order valence-corrected chi connectivity index (χ4v) is 5.98. The van der Waals surface area contributed by atoms with Crippen LogP contribution >= 0.6 is 0 Å². The van der Waals surface area contributed by atoms with Gasteiger partial charge in [0.05, 0.1) is 29.1 Å². The van der Waals surface area contributed by atoms with Crippen LogP contribution in [0.4, 0.5) is 11.9 Å². The summed E-state index contributed by atoms with van der Waals surface area (Å²) in [4.78, 5) is 59.8. The number of carbonyl (C=O) groups is 3. The lowest BCUT2D eigenvalue weighted by atomic mass is 10.1. The minimum absolute atomic E-state index is 0.0530. The Kier molecular flexibility index (Phi) is 11.2. The third kappa shape index (κ3) is 8.02. The number of imidazole rings is 2. The highest BCUT2D eigenvalue weighted by molar-refractivity contribution is 6.03. The Hall–Kier alpha value is -6.60. The van der Waals surface area contributed by atoms with Crippen LogP contribution in [0.15, 0.2) is 45.4 Å². The van der Waals surface area contributed by atoms with E-state index in [1.54, 1.807) is 35.1 Å². The second kappa shape index (κ2) is 16.2. The minimum atomic E-state index is -1.34. The molecule has 6 aromatic rings. The fraction of sp³-hybridized carbons (Fsp3) is 0.333. The van der Waals surface area contributed by atoms with Crippen molar-refractivity contribution in [2.75, 3.05) is 23.8 Å². The number of aliphatic hydroxyl groups excluding tert-OH is 2. The van der Waals surface area contributed by atoms with E-state index in [-0.39, 0.29) is 66.6 Å². The van der Waals surface area contributed by atoms with Crippen molar-refractivity contribution in [1.82, 2.24) is 34.1 Å². The predicted octanol–water partition coefficient (Wildman–Crippen LogP) is 3.07. The molecule has 0 aliphatic carbocycles. The zero-order valence-electron chi connectivity index (χ0n) is 30.6. The molecule has 8 N–H and O–H groups in total. The maximum absolute atomic E-state index is 13.4. The lowest BCUT2D eigenvalue weighted by molar-refractivity contribution is 0.0987. The number of fused-ring (bicyclic) bond motifs is 2. The van der Waals surface area contributed by atoms with Crippen molar-refractivity contribution in [1.29, 1.82) is 0 Å². The maximum Gasteiger partial charge on any atom is 0.295 e. The molecular formula is C36H41N11O8. The van der Waals surface area contributed by atoms with E-state index in [1.165, 1.54) is 24.4 Å². The number of allylic oxidation sites excluding steroid dienone is 2. The standard InChI is InChI=1S/C36H41N11O8/c1-5-22-28(54-18(3)40-22)33(51)44-35-42-24-14-20(30(37)49)16-26(53-13-9-12-48)27(24)46(35)10-7-8-11-47-32-25(15-21(17-39-32)31(38)50)43-36(47)45-34(52)29-23(6-2)41-19(4)55-29/h7-8,14-17,33,48,51H,5-6,9-13H2,1-4H3,(H2,37,49)(H2,38,50)(H,42,44)(H,43,45,52)/b8-7+. The number of pyridine rings is 1. The quantitative estimate of drug-likeness (QED) is 0.0444. The van der Waals surface area contributed by atoms with Crippen molar-refractivity contribution in [3.8, 4) is 5.75 Å². The van der Waals surface area contributed by atoms with Gasteiger partial charge in [-0.3, -0.25) is 24.3 Å². The Morgan fingerprint density at radius 3 is 2.24 bits per heavy atom. The van der Waals surface area contributed by atoms with Gasteiger partial charge in [0.15, 0.2) is 29.4 Å². The lowest BCUT2D eigenvalue weighted by Gasteiger charge is -2.15. The van der Waals surface area contributed by atoms with E-state index in [1.807, 2.05) is 13.8 Å². The highest BCUT2D eigenvalue weighted by atomic mass is 16.5. The van der Waals surface area contributed by atoms with Crippen LogP contribution < -0.4 is 26.8 Å². The van der Waals surface area contributed by atoms with E-state index >= 15 is 0 Å². The highest BCUT2D eigenvalue weighted by Crippen LogP contribution is 2.33. The molecule has 0 spiro atoms. The normalized spacial score (nSPS) is 12.2. The van der Waals surface area contributed by atoms with Crippen LogP contribution in [0.3, 0.4) is 0 Å². The van der Waals surface area contributed by atoms with Crippen LogP contribution in [0.5, 0.6) is 5.75 Å². The van der Waals surface area contributed by atoms with Gasteiger partial charge in [0.1, 0.15) is 16.8 Å².